The number of nitrogens with one attached hydrogen (secondary N) is 1. The van der Waals surface area contributed by atoms with Gasteiger partial charge in [0, 0.05) is 24.2 Å². The van der Waals surface area contributed by atoms with Crippen LogP contribution in [-0.2, 0) is 10.0 Å². The molecule has 1 aliphatic rings. The molecule has 8 nitrogen and oxygen atoms in total. The second-order valence-electron chi connectivity index (χ2n) is 6.32. The molecule has 2 aromatic rings. The molecule has 9 heteroatoms. The number of hydrazone groups is 1. The summed E-state index contributed by atoms with van der Waals surface area (Å²) in [7, 11) is -3.65. The molecule has 1 N–H and O–H groups in total. The van der Waals surface area contributed by atoms with E-state index in [2.05, 4.69) is 10.5 Å². The van der Waals surface area contributed by atoms with E-state index in [-0.39, 0.29) is 17.3 Å². The van der Waals surface area contributed by atoms with Crippen LogP contribution in [0.2, 0.25) is 0 Å². The molecule has 1 aliphatic heterocycles. The van der Waals surface area contributed by atoms with Crippen LogP contribution >= 0.6 is 0 Å². The van der Waals surface area contributed by atoms with E-state index in [4.69, 9.17) is 9.47 Å². The lowest BCUT2D eigenvalue weighted by Crippen LogP contribution is -2.30. The Morgan fingerprint density at radius 2 is 1.79 bits per heavy atom. The minimum Gasteiger partial charge on any atom is -0.454 e. The van der Waals surface area contributed by atoms with Crippen LogP contribution < -0.4 is 14.9 Å². The van der Waals surface area contributed by atoms with Crippen LogP contribution in [0.5, 0.6) is 11.5 Å². The van der Waals surface area contributed by atoms with Gasteiger partial charge in [-0.2, -0.15) is 9.41 Å². The molecular formula is C20H23N3O5S. The predicted molar refractivity (Wildman–Crippen MR) is 109 cm³/mol. The Morgan fingerprint density at radius 1 is 1.07 bits per heavy atom. The number of hydrogen-bond acceptors (Lipinski definition) is 6. The number of sulfonamides is 1. The first kappa shape index (κ1) is 20.8. The fourth-order valence-electron chi connectivity index (χ4n) is 2.90. The van der Waals surface area contributed by atoms with E-state index in [9.17, 15) is 13.2 Å². The van der Waals surface area contributed by atoms with Gasteiger partial charge >= 0.3 is 0 Å². The summed E-state index contributed by atoms with van der Waals surface area (Å²) < 4.78 is 37.3. The van der Waals surface area contributed by atoms with Gasteiger partial charge in [0.2, 0.25) is 16.8 Å². The number of hydrogen-bond donors (Lipinski definition) is 1. The maximum Gasteiger partial charge on any atom is 0.271 e. The molecule has 3 rings (SSSR count). The molecule has 0 atom stereocenters. The van der Waals surface area contributed by atoms with Crippen molar-refractivity contribution in [1.82, 2.24) is 9.73 Å². The van der Waals surface area contributed by atoms with Crippen LogP contribution in [0.3, 0.4) is 0 Å². The Kier molecular flexibility index (Phi) is 6.19. The van der Waals surface area contributed by atoms with Gasteiger partial charge in [0.05, 0.1) is 10.6 Å². The topological polar surface area (TPSA) is 97.3 Å². The third-order valence-electron chi connectivity index (χ3n) is 4.55. The summed E-state index contributed by atoms with van der Waals surface area (Å²) in [4.78, 5) is 12.6. The van der Waals surface area contributed by atoms with E-state index >= 15 is 0 Å². The van der Waals surface area contributed by atoms with Crippen LogP contribution in [-0.4, -0.2) is 44.2 Å². The minimum absolute atomic E-state index is 0.0744. The van der Waals surface area contributed by atoms with Crippen molar-refractivity contribution in [2.75, 3.05) is 19.9 Å². The monoisotopic (exact) mass is 417 g/mol. The van der Waals surface area contributed by atoms with E-state index < -0.39 is 15.9 Å². The Morgan fingerprint density at radius 3 is 2.52 bits per heavy atom. The van der Waals surface area contributed by atoms with Crippen molar-refractivity contribution >= 4 is 21.6 Å². The fourth-order valence-corrected chi connectivity index (χ4v) is 4.40. The van der Waals surface area contributed by atoms with E-state index in [0.717, 1.165) is 5.56 Å². The third kappa shape index (κ3) is 4.41. The molecule has 0 saturated heterocycles. The van der Waals surface area contributed by atoms with Crippen molar-refractivity contribution in [1.29, 1.82) is 0 Å². The van der Waals surface area contributed by atoms with Gasteiger partial charge in [-0.15, -0.1) is 0 Å². The number of fused-ring (bicyclic) bond motifs is 1. The Bertz CT molecular complexity index is 1050. The fraction of sp³-hybridized carbons (Fsp3) is 0.300. The van der Waals surface area contributed by atoms with E-state index in [1.165, 1.54) is 16.4 Å². The SMILES string of the molecule is CCN(CC)S(=O)(=O)c1cccc(C(=O)N/N=C(\C)c2ccc3c(c2)OCO3)c1. The molecule has 0 spiro atoms. The maximum absolute atomic E-state index is 12.7. The quantitative estimate of drug-likeness (QED) is 0.552. The van der Waals surface area contributed by atoms with Gasteiger partial charge in [0.25, 0.3) is 5.91 Å². The molecule has 0 aliphatic carbocycles. The lowest BCUT2D eigenvalue weighted by atomic mass is 10.1. The molecule has 0 radical (unpaired) electrons. The molecule has 2 aromatic carbocycles. The smallest absolute Gasteiger partial charge is 0.271 e. The Labute approximate surface area is 170 Å². The minimum atomic E-state index is -3.65. The lowest BCUT2D eigenvalue weighted by Gasteiger charge is -2.18. The van der Waals surface area contributed by atoms with Gasteiger partial charge in [-0.25, -0.2) is 13.8 Å². The summed E-state index contributed by atoms with van der Waals surface area (Å²) >= 11 is 0. The second kappa shape index (κ2) is 8.62. The van der Waals surface area contributed by atoms with Gasteiger partial charge in [-0.3, -0.25) is 4.79 Å². The molecule has 1 heterocycles. The largest absolute Gasteiger partial charge is 0.454 e. The van der Waals surface area contributed by atoms with Crippen LogP contribution in [0.25, 0.3) is 0 Å². The Hall–Kier alpha value is -2.91. The van der Waals surface area contributed by atoms with Crippen LogP contribution in [0.1, 0.15) is 36.7 Å². The summed E-state index contributed by atoms with van der Waals surface area (Å²) in [6.45, 7) is 6.18. The molecular weight excluding hydrogens is 394 g/mol. The first-order valence-corrected chi connectivity index (χ1v) is 10.7. The number of nitrogens with zero attached hydrogens (tertiary/aromatic N) is 2. The van der Waals surface area contributed by atoms with Crippen LogP contribution in [0.4, 0.5) is 0 Å². The van der Waals surface area contributed by atoms with Crippen molar-refractivity contribution < 1.29 is 22.7 Å². The average Bonchev–Trinajstić information content (AvgIpc) is 3.20. The number of ether oxygens (including phenoxy) is 2. The first-order chi connectivity index (χ1) is 13.9. The Balaban J connectivity index is 1.76. The highest BCUT2D eigenvalue weighted by atomic mass is 32.2. The van der Waals surface area contributed by atoms with Gasteiger partial charge in [-0.05, 0) is 43.3 Å². The first-order valence-electron chi connectivity index (χ1n) is 9.21. The predicted octanol–water partition coefficient (Wildman–Crippen LogP) is 2.60. The van der Waals surface area contributed by atoms with Gasteiger partial charge in [0.15, 0.2) is 11.5 Å². The molecule has 0 unspecified atom stereocenters. The number of benzene rings is 2. The van der Waals surface area contributed by atoms with Crippen molar-refractivity contribution in [2.24, 2.45) is 5.10 Å². The number of carbonyl (C=O) groups excluding carboxylic acids is 1. The highest BCUT2D eigenvalue weighted by Crippen LogP contribution is 2.32. The molecule has 29 heavy (non-hydrogen) atoms. The number of carbonyl (C=O) groups is 1. The average molecular weight is 417 g/mol. The standard InChI is InChI=1S/C20H23N3O5S/c1-4-23(5-2)29(25,26)17-8-6-7-16(11-17)20(24)22-21-14(3)15-9-10-18-19(12-15)28-13-27-18/h6-12H,4-5,13H2,1-3H3,(H,22,24)/b21-14+. The highest BCUT2D eigenvalue weighted by Gasteiger charge is 2.22. The maximum atomic E-state index is 12.7. The zero-order valence-electron chi connectivity index (χ0n) is 16.5. The van der Waals surface area contributed by atoms with Crippen molar-refractivity contribution in [3.05, 3.63) is 53.6 Å². The van der Waals surface area contributed by atoms with Gasteiger partial charge < -0.3 is 9.47 Å². The van der Waals surface area contributed by atoms with Crippen molar-refractivity contribution in [3.63, 3.8) is 0 Å². The summed E-state index contributed by atoms with van der Waals surface area (Å²) in [5, 5.41) is 4.12. The summed E-state index contributed by atoms with van der Waals surface area (Å²) in [5.41, 5.74) is 4.02. The zero-order chi connectivity index (χ0) is 21.0. The number of rotatable bonds is 7. The highest BCUT2D eigenvalue weighted by molar-refractivity contribution is 7.89. The van der Waals surface area contributed by atoms with E-state index in [1.54, 1.807) is 45.0 Å². The molecule has 154 valence electrons. The summed E-state index contributed by atoms with van der Waals surface area (Å²) in [6.07, 6.45) is 0. The van der Waals surface area contributed by atoms with E-state index in [1.807, 2.05) is 6.07 Å². The van der Waals surface area contributed by atoms with Crippen LogP contribution in [0, 0.1) is 0 Å². The molecule has 0 saturated carbocycles. The molecule has 0 aromatic heterocycles. The van der Waals surface area contributed by atoms with E-state index in [0.29, 0.717) is 30.3 Å². The van der Waals surface area contributed by atoms with Gasteiger partial charge in [0.1, 0.15) is 0 Å². The molecule has 0 fully saturated rings. The normalized spacial score (nSPS) is 13.6. The second-order valence-corrected chi connectivity index (χ2v) is 8.26. The molecule has 0 bridgehead atoms. The van der Waals surface area contributed by atoms with Crippen LogP contribution in [0.15, 0.2) is 52.5 Å². The number of amides is 1. The summed E-state index contributed by atoms with van der Waals surface area (Å²) in [6, 6.07) is 11.3. The summed E-state index contributed by atoms with van der Waals surface area (Å²) in [5.74, 6) is 0.788. The zero-order valence-corrected chi connectivity index (χ0v) is 17.3. The third-order valence-corrected chi connectivity index (χ3v) is 6.60. The van der Waals surface area contributed by atoms with Crippen molar-refractivity contribution in [2.45, 2.75) is 25.7 Å². The van der Waals surface area contributed by atoms with Crippen molar-refractivity contribution in [3.8, 4) is 11.5 Å². The lowest BCUT2D eigenvalue weighted by molar-refractivity contribution is 0.0954. The van der Waals surface area contributed by atoms with Gasteiger partial charge in [-0.1, -0.05) is 19.9 Å². The molecule has 1 amide bonds.